The molecule has 1 fully saturated rings. The number of nitrogens with zero attached hydrogens (tertiary/aromatic N) is 1. The maximum Gasteiger partial charge on any atom is 0.244 e. The molecular formula is C12H12N2O2. The van der Waals surface area contributed by atoms with Gasteiger partial charge in [0.15, 0.2) is 5.41 Å². The number of hydrogen-bond acceptors (Lipinski definition) is 2. The predicted molar refractivity (Wildman–Crippen MR) is 59.0 cm³/mol. The molecule has 0 aliphatic carbocycles. The van der Waals surface area contributed by atoms with Crippen molar-refractivity contribution in [2.45, 2.75) is 11.8 Å². The molecule has 2 aliphatic rings. The summed E-state index contributed by atoms with van der Waals surface area (Å²) in [6, 6.07) is 7.44. The molecular weight excluding hydrogens is 204 g/mol. The highest BCUT2D eigenvalue weighted by Crippen LogP contribution is 2.44. The summed E-state index contributed by atoms with van der Waals surface area (Å²) in [5.74, 6) is -0.266. The number of amides is 2. The van der Waals surface area contributed by atoms with Crippen molar-refractivity contribution in [1.29, 1.82) is 0 Å². The van der Waals surface area contributed by atoms with Gasteiger partial charge in [0.1, 0.15) is 0 Å². The zero-order chi connectivity index (χ0) is 11.3. The van der Waals surface area contributed by atoms with Crippen LogP contribution in [0.4, 0.5) is 5.69 Å². The van der Waals surface area contributed by atoms with Gasteiger partial charge in [0.2, 0.25) is 11.8 Å². The average Bonchev–Trinajstić information content (AvgIpc) is 2.74. The smallest absolute Gasteiger partial charge is 0.244 e. The molecule has 0 radical (unpaired) electrons. The summed E-state index contributed by atoms with van der Waals surface area (Å²) in [5, 5.41) is 2.79. The fraction of sp³-hybridized carbons (Fsp3) is 0.333. The second kappa shape index (κ2) is 2.84. The molecule has 1 spiro atoms. The van der Waals surface area contributed by atoms with Gasteiger partial charge < -0.3 is 10.2 Å². The first-order chi connectivity index (χ1) is 7.66. The van der Waals surface area contributed by atoms with E-state index >= 15 is 0 Å². The van der Waals surface area contributed by atoms with Gasteiger partial charge in [-0.2, -0.15) is 0 Å². The molecule has 0 aromatic heterocycles. The van der Waals surface area contributed by atoms with Gasteiger partial charge in [-0.25, -0.2) is 0 Å². The molecule has 2 heterocycles. The minimum atomic E-state index is -0.953. The number of rotatable bonds is 0. The highest BCUT2D eigenvalue weighted by atomic mass is 16.2. The van der Waals surface area contributed by atoms with Crippen molar-refractivity contribution < 1.29 is 9.59 Å². The Labute approximate surface area is 93.2 Å². The van der Waals surface area contributed by atoms with Crippen molar-refractivity contribution in [1.82, 2.24) is 4.90 Å². The summed E-state index contributed by atoms with van der Waals surface area (Å²) in [4.78, 5) is 25.8. The summed E-state index contributed by atoms with van der Waals surface area (Å²) in [6.07, 6.45) is 0.575. The molecule has 0 bridgehead atoms. The van der Waals surface area contributed by atoms with Gasteiger partial charge in [-0.3, -0.25) is 9.59 Å². The third-order valence-corrected chi connectivity index (χ3v) is 3.56. The lowest BCUT2D eigenvalue weighted by Crippen LogP contribution is -2.42. The summed E-state index contributed by atoms with van der Waals surface area (Å²) < 4.78 is 0. The molecule has 1 aromatic rings. The Bertz CT molecular complexity index is 498. The highest BCUT2D eigenvalue weighted by Gasteiger charge is 2.57. The van der Waals surface area contributed by atoms with Crippen LogP contribution in [0.5, 0.6) is 0 Å². The van der Waals surface area contributed by atoms with Crippen LogP contribution in [-0.2, 0) is 15.0 Å². The highest BCUT2D eigenvalue weighted by molar-refractivity contribution is 6.21. The molecule has 1 aromatic carbocycles. The maximum absolute atomic E-state index is 12.2. The molecule has 2 amide bonds. The molecule has 3 rings (SSSR count). The van der Waals surface area contributed by atoms with Gasteiger partial charge in [-0.1, -0.05) is 18.2 Å². The Morgan fingerprint density at radius 2 is 2.06 bits per heavy atom. The minimum Gasteiger partial charge on any atom is -0.344 e. The third kappa shape index (κ3) is 0.894. The quantitative estimate of drug-likeness (QED) is 0.650. The Morgan fingerprint density at radius 1 is 1.31 bits per heavy atom. The molecule has 1 saturated heterocycles. The van der Waals surface area contributed by atoms with E-state index in [2.05, 4.69) is 5.32 Å². The van der Waals surface area contributed by atoms with Gasteiger partial charge in [0, 0.05) is 24.8 Å². The van der Waals surface area contributed by atoms with Crippen LogP contribution in [0.25, 0.3) is 0 Å². The van der Waals surface area contributed by atoms with E-state index in [1.165, 1.54) is 0 Å². The van der Waals surface area contributed by atoms with E-state index in [-0.39, 0.29) is 11.8 Å². The van der Waals surface area contributed by atoms with Gasteiger partial charge in [0.05, 0.1) is 0 Å². The van der Waals surface area contributed by atoms with E-state index in [9.17, 15) is 9.59 Å². The Hall–Kier alpha value is -1.84. The van der Waals surface area contributed by atoms with Crippen molar-refractivity contribution >= 4 is 17.5 Å². The van der Waals surface area contributed by atoms with E-state index in [1.807, 2.05) is 24.3 Å². The van der Waals surface area contributed by atoms with Gasteiger partial charge in [-0.05, 0) is 12.5 Å². The minimum absolute atomic E-state index is 0.0880. The van der Waals surface area contributed by atoms with E-state index in [0.29, 0.717) is 13.0 Å². The average molecular weight is 216 g/mol. The standard InChI is InChI=1S/C12H12N2O2/c1-14-7-6-12(11(14)16)8-4-2-3-5-9(8)13-10(12)15/h2-5H,6-7H2,1H3,(H,13,15). The first-order valence-corrected chi connectivity index (χ1v) is 5.33. The van der Waals surface area contributed by atoms with E-state index in [0.717, 1.165) is 11.3 Å². The van der Waals surface area contributed by atoms with Crippen LogP contribution in [-0.4, -0.2) is 30.3 Å². The number of likely N-dealkylation sites (N-methyl/N-ethyl adjacent to an activating group) is 1. The van der Waals surface area contributed by atoms with Crippen LogP contribution in [0.2, 0.25) is 0 Å². The molecule has 16 heavy (non-hydrogen) atoms. The molecule has 1 unspecified atom stereocenters. The number of fused-ring (bicyclic) bond motifs is 2. The second-order valence-corrected chi connectivity index (χ2v) is 4.38. The number of para-hydroxylation sites is 1. The van der Waals surface area contributed by atoms with Crippen LogP contribution < -0.4 is 5.32 Å². The second-order valence-electron chi connectivity index (χ2n) is 4.38. The number of carbonyl (C=O) groups is 2. The summed E-state index contributed by atoms with van der Waals surface area (Å²) >= 11 is 0. The van der Waals surface area contributed by atoms with Crippen LogP contribution in [0.3, 0.4) is 0 Å². The monoisotopic (exact) mass is 216 g/mol. The maximum atomic E-state index is 12.2. The first-order valence-electron chi connectivity index (χ1n) is 5.33. The molecule has 1 N–H and O–H groups in total. The van der Waals surface area contributed by atoms with Crippen LogP contribution in [0.15, 0.2) is 24.3 Å². The summed E-state index contributed by atoms with van der Waals surface area (Å²) in [7, 11) is 1.74. The van der Waals surface area contributed by atoms with Crippen LogP contribution in [0, 0.1) is 0 Å². The fourth-order valence-electron chi connectivity index (χ4n) is 2.65. The van der Waals surface area contributed by atoms with E-state index < -0.39 is 5.41 Å². The topological polar surface area (TPSA) is 49.4 Å². The zero-order valence-corrected chi connectivity index (χ0v) is 8.99. The lowest BCUT2D eigenvalue weighted by Gasteiger charge is -2.19. The third-order valence-electron chi connectivity index (χ3n) is 3.56. The number of anilines is 1. The van der Waals surface area contributed by atoms with Gasteiger partial charge in [0.25, 0.3) is 0 Å². The lowest BCUT2D eigenvalue weighted by atomic mass is 9.80. The molecule has 2 aliphatic heterocycles. The summed E-state index contributed by atoms with van der Waals surface area (Å²) in [5.41, 5.74) is 0.649. The van der Waals surface area contributed by atoms with Crippen molar-refractivity contribution in [3.05, 3.63) is 29.8 Å². The van der Waals surface area contributed by atoms with Crippen molar-refractivity contribution in [2.75, 3.05) is 18.9 Å². The lowest BCUT2D eigenvalue weighted by molar-refractivity contribution is -0.136. The number of nitrogens with one attached hydrogen (secondary N) is 1. The number of carbonyl (C=O) groups excluding carboxylic acids is 2. The van der Waals surface area contributed by atoms with E-state index in [4.69, 9.17) is 0 Å². The Balaban J connectivity index is 2.22. The zero-order valence-electron chi connectivity index (χ0n) is 8.99. The Kier molecular flexibility index (Phi) is 1.67. The van der Waals surface area contributed by atoms with Crippen molar-refractivity contribution in [3.8, 4) is 0 Å². The first kappa shape index (κ1) is 9.39. The number of hydrogen-bond donors (Lipinski definition) is 1. The molecule has 0 saturated carbocycles. The van der Waals surface area contributed by atoms with Crippen molar-refractivity contribution in [3.63, 3.8) is 0 Å². The SMILES string of the molecule is CN1CCC2(C(=O)Nc3ccccc32)C1=O. The molecule has 4 heteroatoms. The van der Waals surface area contributed by atoms with E-state index in [1.54, 1.807) is 11.9 Å². The molecule has 82 valence electrons. The van der Waals surface area contributed by atoms with Gasteiger partial charge >= 0.3 is 0 Å². The normalized spacial score (nSPS) is 27.4. The number of likely N-dealkylation sites (tertiary alicyclic amines) is 1. The van der Waals surface area contributed by atoms with Crippen LogP contribution >= 0.6 is 0 Å². The Morgan fingerprint density at radius 3 is 2.75 bits per heavy atom. The summed E-state index contributed by atoms with van der Waals surface area (Å²) in [6.45, 7) is 0.639. The van der Waals surface area contributed by atoms with Gasteiger partial charge in [-0.15, -0.1) is 0 Å². The van der Waals surface area contributed by atoms with Crippen molar-refractivity contribution in [2.24, 2.45) is 0 Å². The largest absolute Gasteiger partial charge is 0.344 e. The molecule has 4 nitrogen and oxygen atoms in total. The fourth-order valence-corrected chi connectivity index (χ4v) is 2.65. The number of benzene rings is 1. The van der Waals surface area contributed by atoms with Crippen LogP contribution in [0.1, 0.15) is 12.0 Å². The molecule has 1 atom stereocenters. The predicted octanol–water partition coefficient (Wildman–Crippen LogP) is 0.739.